The Labute approximate surface area is 148 Å². The van der Waals surface area contributed by atoms with E-state index in [0.717, 1.165) is 5.56 Å². The van der Waals surface area contributed by atoms with Gasteiger partial charge in [0.15, 0.2) is 0 Å². The van der Waals surface area contributed by atoms with Crippen LogP contribution >= 0.6 is 0 Å². The lowest BCUT2D eigenvalue weighted by molar-refractivity contribution is -0.383. The molecule has 0 radical (unpaired) electrons. The van der Waals surface area contributed by atoms with E-state index in [1.54, 1.807) is 18.2 Å². The number of H-pyrrole nitrogens is 1. The van der Waals surface area contributed by atoms with Gasteiger partial charge in [-0.15, -0.1) is 0 Å². The van der Waals surface area contributed by atoms with Crippen molar-refractivity contribution in [2.75, 3.05) is 6.54 Å². The number of ether oxygens (including phenoxy) is 1. The zero-order valence-electron chi connectivity index (χ0n) is 13.7. The van der Waals surface area contributed by atoms with Crippen LogP contribution in [0.25, 0.3) is 17.0 Å². The molecule has 1 aromatic heterocycles. The number of carbonyl (C=O) groups excluding carboxylic acids is 1. The second-order valence-electron chi connectivity index (χ2n) is 5.47. The van der Waals surface area contributed by atoms with E-state index < -0.39 is 11.0 Å². The van der Waals surface area contributed by atoms with Gasteiger partial charge in [0.2, 0.25) is 0 Å². The van der Waals surface area contributed by atoms with Crippen LogP contribution in [0.15, 0.2) is 54.7 Å². The van der Waals surface area contributed by atoms with E-state index in [4.69, 9.17) is 4.74 Å². The van der Waals surface area contributed by atoms with Crippen molar-refractivity contribution in [2.24, 2.45) is 0 Å². The maximum absolute atomic E-state index is 11.6. The number of hydrogen-bond donors (Lipinski definition) is 2. The van der Waals surface area contributed by atoms with Gasteiger partial charge >= 0.3 is 6.09 Å². The highest BCUT2D eigenvalue weighted by molar-refractivity contribution is 5.89. The van der Waals surface area contributed by atoms with Gasteiger partial charge in [-0.3, -0.25) is 15.2 Å². The molecular weight excluding hydrogens is 336 g/mol. The molecule has 0 spiro atoms. The molecule has 1 heterocycles. The van der Waals surface area contributed by atoms with Crippen LogP contribution in [0.5, 0.6) is 0 Å². The van der Waals surface area contributed by atoms with Crippen LogP contribution < -0.4 is 5.32 Å². The summed E-state index contributed by atoms with van der Waals surface area (Å²) in [6.07, 6.45) is 4.26. The average molecular weight is 352 g/mol. The predicted molar refractivity (Wildman–Crippen MR) is 96.4 cm³/mol. The molecule has 1 amide bonds. The van der Waals surface area contributed by atoms with Gasteiger partial charge in [-0.05, 0) is 17.2 Å². The summed E-state index contributed by atoms with van der Waals surface area (Å²) in [4.78, 5) is 22.3. The number of aromatic nitrogens is 2. The maximum Gasteiger partial charge on any atom is 0.407 e. The van der Waals surface area contributed by atoms with Gasteiger partial charge in [0.05, 0.1) is 22.0 Å². The van der Waals surface area contributed by atoms with E-state index in [-0.39, 0.29) is 18.8 Å². The van der Waals surface area contributed by atoms with Gasteiger partial charge in [0, 0.05) is 12.6 Å². The van der Waals surface area contributed by atoms with Crippen LogP contribution in [-0.2, 0) is 11.3 Å². The summed E-state index contributed by atoms with van der Waals surface area (Å²) in [5.74, 6) is 0. The van der Waals surface area contributed by atoms with E-state index in [1.165, 1.54) is 12.3 Å². The minimum Gasteiger partial charge on any atom is -0.445 e. The minimum absolute atomic E-state index is 0.0221. The van der Waals surface area contributed by atoms with Crippen LogP contribution in [0.3, 0.4) is 0 Å². The Morgan fingerprint density at radius 3 is 2.88 bits per heavy atom. The molecule has 26 heavy (non-hydrogen) atoms. The molecule has 0 fully saturated rings. The number of non-ortho nitro benzene ring substituents is 1. The minimum atomic E-state index is -0.534. The van der Waals surface area contributed by atoms with Crippen molar-refractivity contribution in [3.8, 4) is 0 Å². The quantitative estimate of drug-likeness (QED) is 0.522. The number of nitrogens with zero attached hydrogens (tertiary/aromatic N) is 2. The maximum atomic E-state index is 11.6. The molecule has 0 aliphatic heterocycles. The number of fused-ring (bicyclic) bond motifs is 1. The lowest BCUT2D eigenvalue weighted by Gasteiger charge is -2.05. The highest BCUT2D eigenvalue weighted by Crippen LogP contribution is 2.26. The standard InChI is InChI=1S/C18H16N4O4/c23-18(26-12-13-5-2-1-3-6-13)19-8-4-7-14-9-16-15(11-20-21-16)17(10-14)22(24)25/h1-7,9-11H,8,12H2,(H,19,23)(H,20,21). The van der Waals surface area contributed by atoms with Crippen molar-refractivity contribution < 1.29 is 14.5 Å². The number of amides is 1. The van der Waals surface area contributed by atoms with Gasteiger partial charge in [-0.25, -0.2) is 4.79 Å². The summed E-state index contributed by atoms with van der Waals surface area (Å²) in [6.45, 7) is 0.432. The number of nitro benzene ring substituents is 1. The van der Waals surface area contributed by atoms with Crippen molar-refractivity contribution in [3.05, 3.63) is 76.0 Å². The number of nitro groups is 1. The van der Waals surface area contributed by atoms with Crippen LogP contribution in [0.1, 0.15) is 11.1 Å². The van der Waals surface area contributed by atoms with Crippen molar-refractivity contribution >= 4 is 28.8 Å². The molecule has 2 N–H and O–H groups in total. The van der Waals surface area contributed by atoms with Crippen molar-refractivity contribution in [1.29, 1.82) is 0 Å². The first-order valence-corrected chi connectivity index (χ1v) is 7.86. The molecule has 0 atom stereocenters. The number of rotatable bonds is 6. The fourth-order valence-corrected chi connectivity index (χ4v) is 2.41. The van der Waals surface area contributed by atoms with Gasteiger partial charge < -0.3 is 10.1 Å². The lowest BCUT2D eigenvalue weighted by Crippen LogP contribution is -2.24. The largest absolute Gasteiger partial charge is 0.445 e. The number of benzene rings is 2. The van der Waals surface area contributed by atoms with Crippen LogP contribution in [0.2, 0.25) is 0 Å². The Kier molecular flexibility index (Phi) is 5.23. The van der Waals surface area contributed by atoms with E-state index in [9.17, 15) is 14.9 Å². The molecule has 0 aliphatic carbocycles. The number of carbonyl (C=O) groups is 1. The highest BCUT2D eigenvalue weighted by atomic mass is 16.6. The van der Waals surface area contributed by atoms with Gasteiger partial charge in [0.1, 0.15) is 6.61 Å². The number of nitrogens with one attached hydrogen (secondary N) is 2. The van der Waals surface area contributed by atoms with E-state index >= 15 is 0 Å². The summed E-state index contributed by atoms with van der Waals surface area (Å²) in [6, 6.07) is 12.6. The SMILES string of the molecule is O=C(NCC=Cc1cc([N+](=O)[O-])c2cn[nH]c2c1)OCc1ccccc1. The Hall–Kier alpha value is -3.68. The second kappa shape index (κ2) is 7.93. The summed E-state index contributed by atoms with van der Waals surface area (Å²) in [5, 5.41) is 20.7. The monoisotopic (exact) mass is 352 g/mol. The zero-order chi connectivity index (χ0) is 18.4. The lowest BCUT2D eigenvalue weighted by atomic mass is 10.1. The van der Waals surface area contributed by atoms with E-state index in [2.05, 4.69) is 15.5 Å². The number of hydrogen-bond acceptors (Lipinski definition) is 5. The molecule has 3 rings (SSSR count). The summed E-state index contributed by atoms with van der Waals surface area (Å²) in [7, 11) is 0. The zero-order valence-corrected chi connectivity index (χ0v) is 13.7. The molecule has 0 unspecified atom stereocenters. The summed E-state index contributed by atoms with van der Waals surface area (Å²) >= 11 is 0. The molecule has 0 bridgehead atoms. The number of alkyl carbamates (subject to hydrolysis) is 1. The fraction of sp³-hybridized carbons (Fsp3) is 0.111. The van der Waals surface area contributed by atoms with Crippen LogP contribution in [-0.4, -0.2) is 27.8 Å². The summed E-state index contributed by atoms with van der Waals surface area (Å²) < 4.78 is 5.09. The Morgan fingerprint density at radius 1 is 1.31 bits per heavy atom. The van der Waals surface area contributed by atoms with Gasteiger partial charge in [-0.2, -0.15) is 5.10 Å². The van der Waals surface area contributed by atoms with Crippen LogP contribution in [0, 0.1) is 10.1 Å². The Morgan fingerprint density at radius 2 is 2.12 bits per heavy atom. The topological polar surface area (TPSA) is 110 Å². The first-order chi connectivity index (χ1) is 12.6. The van der Waals surface area contributed by atoms with Crippen LogP contribution in [0.4, 0.5) is 10.5 Å². The molecule has 132 valence electrons. The first-order valence-electron chi connectivity index (χ1n) is 7.86. The smallest absolute Gasteiger partial charge is 0.407 e. The van der Waals surface area contributed by atoms with Crippen molar-refractivity contribution in [1.82, 2.24) is 15.5 Å². The molecule has 0 aliphatic rings. The van der Waals surface area contributed by atoms with E-state index in [1.807, 2.05) is 30.3 Å². The van der Waals surface area contributed by atoms with Crippen molar-refractivity contribution in [3.63, 3.8) is 0 Å². The molecule has 0 saturated carbocycles. The molecule has 3 aromatic rings. The first kappa shape index (κ1) is 17.2. The normalized spacial score (nSPS) is 10.9. The molecule has 2 aromatic carbocycles. The highest BCUT2D eigenvalue weighted by Gasteiger charge is 2.14. The third-order valence-corrected chi connectivity index (χ3v) is 3.64. The number of aromatic amines is 1. The van der Waals surface area contributed by atoms with Crippen molar-refractivity contribution in [2.45, 2.75) is 6.61 Å². The van der Waals surface area contributed by atoms with E-state index in [0.29, 0.717) is 16.5 Å². The Balaban J connectivity index is 1.54. The third kappa shape index (κ3) is 4.23. The third-order valence-electron chi connectivity index (χ3n) is 3.64. The molecular formula is C18H16N4O4. The summed E-state index contributed by atoms with van der Waals surface area (Å²) in [5.41, 5.74) is 2.09. The average Bonchev–Trinajstić information content (AvgIpc) is 3.12. The fourth-order valence-electron chi connectivity index (χ4n) is 2.41. The Bertz CT molecular complexity index is 950. The second-order valence-corrected chi connectivity index (χ2v) is 5.47. The molecule has 8 nitrogen and oxygen atoms in total. The predicted octanol–water partition coefficient (Wildman–Crippen LogP) is 3.41. The molecule has 8 heteroatoms. The van der Waals surface area contributed by atoms with Gasteiger partial charge in [-0.1, -0.05) is 42.5 Å². The molecule has 0 saturated heterocycles. The van der Waals surface area contributed by atoms with Gasteiger partial charge in [0.25, 0.3) is 5.69 Å².